The Balaban J connectivity index is 0.000000162. The molecule has 5 heteroatoms. The first-order valence-electron chi connectivity index (χ1n) is 4.43. The Morgan fingerprint density at radius 2 is 2.07 bits per heavy atom. The van der Waals surface area contributed by atoms with Crippen LogP contribution in [-0.2, 0) is 4.79 Å². The summed E-state index contributed by atoms with van der Waals surface area (Å²) in [7, 11) is 0. The predicted molar refractivity (Wildman–Crippen MR) is 63.9 cm³/mol. The van der Waals surface area contributed by atoms with Crippen molar-refractivity contribution < 1.29 is 9.90 Å². The lowest BCUT2D eigenvalue weighted by Gasteiger charge is -1.94. The van der Waals surface area contributed by atoms with Crippen molar-refractivity contribution in [2.75, 3.05) is 5.73 Å². The van der Waals surface area contributed by atoms with E-state index in [1.54, 1.807) is 18.2 Å². The largest absolute Gasteiger partial charge is 0.481 e. The second-order valence-electron chi connectivity index (χ2n) is 3.32. The zero-order chi connectivity index (χ0) is 11.4. The van der Waals surface area contributed by atoms with Crippen LogP contribution in [0.4, 0.5) is 5.69 Å². The summed E-state index contributed by atoms with van der Waals surface area (Å²) in [6, 6.07) is 5.29. The van der Waals surface area contributed by atoms with E-state index in [1.165, 1.54) is 0 Å². The summed E-state index contributed by atoms with van der Waals surface area (Å²) in [4.78, 5) is 9.76. The molecule has 0 aromatic heterocycles. The van der Waals surface area contributed by atoms with Crippen LogP contribution in [0, 0.1) is 5.92 Å². The molecule has 15 heavy (non-hydrogen) atoms. The maximum atomic E-state index is 9.76. The smallest absolute Gasteiger partial charge is 0.306 e. The molecule has 82 valence electrons. The molecule has 1 aromatic carbocycles. The van der Waals surface area contributed by atoms with Crippen molar-refractivity contribution in [2.24, 2.45) is 5.92 Å². The average molecular weight is 293 g/mol. The number of anilines is 1. The maximum Gasteiger partial charge on any atom is 0.306 e. The van der Waals surface area contributed by atoms with Crippen LogP contribution in [0.5, 0.6) is 0 Å². The van der Waals surface area contributed by atoms with Gasteiger partial charge in [0.2, 0.25) is 0 Å². The molecule has 3 N–H and O–H groups in total. The Morgan fingerprint density at radius 3 is 2.33 bits per heavy atom. The maximum absolute atomic E-state index is 9.76. The van der Waals surface area contributed by atoms with Crippen molar-refractivity contribution in [1.29, 1.82) is 0 Å². The minimum absolute atomic E-state index is 0.0185. The number of aliphatic carboxylic acids is 1. The number of hydrogen-bond donors (Lipinski definition) is 2. The van der Waals surface area contributed by atoms with Crippen LogP contribution in [0.15, 0.2) is 22.7 Å². The van der Waals surface area contributed by atoms with Crippen molar-refractivity contribution >= 4 is 39.2 Å². The molecule has 3 nitrogen and oxygen atoms in total. The van der Waals surface area contributed by atoms with Crippen LogP contribution in [0.1, 0.15) is 12.8 Å². The number of benzene rings is 1. The molecule has 1 fully saturated rings. The Kier molecular flexibility index (Phi) is 4.42. The zero-order valence-corrected chi connectivity index (χ0v) is 10.3. The molecule has 1 aromatic rings. The molecule has 0 bridgehead atoms. The quantitative estimate of drug-likeness (QED) is 0.782. The zero-order valence-electron chi connectivity index (χ0n) is 7.91. The van der Waals surface area contributed by atoms with Gasteiger partial charge in [-0.2, -0.15) is 0 Å². The van der Waals surface area contributed by atoms with Crippen molar-refractivity contribution in [2.45, 2.75) is 12.8 Å². The highest BCUT2D eigenvalue weighted by Gasteiger charge is 2.28. The third-order valence-corrected chi connectivity index (χ3v) is 2.49. The van der Waals surface area contributed by atoms with Gasteiger partial charge in [-0.1, -0.05) is 27.5 Å². The second kappa shape index (κ2) is 5.37. The highest BCUT2D eigenvalue weighted by molar-refractivity contribution is 9.10. The Labute approximate surface area is 101 Å². The Morgan fingerprint density at radius 1 is 1.47 bits per heavy atom. The van der Waals surface area contributed by atoms with E-state index in [-0.39, 0.29) is 5.92 Å². The molecule has 0 radical (unpaired) electrons. The third kappa shape index (κ3) is 5.04. The van der Waals surface area contributed by atoms with Crippen molar-refractivity contribution in [3.8, 4) is 0 Å². The fourth-order valence-electron chi connectivity index (χ4n) is 0.905. The van der Waals surface area contributed by atoms with Crippen LogP contribution >= 0.6 is 27.5 Å². The van der Waals surface area contributed by atoms with Gasteiger partial charge in [0.1, 0.15) is 0 Å². The van der Waals surface area contributed by atoms with Crippen LogP contribution in [-0.4, -0.2) is 11.1 Å². The minimum Gasteiger partial charge on any atom is -0.481 e. The van der Waals surface area contributed by atoms with Gasteiger partial charge in [-0.25, -0.2) is 0 Å². The molecule has 0 atom stereocenters. The van der Waals surface area contributed by atoms with E-state index in [0.717, 1.165) is 17.3 Å². The number of halogens is 2. The fraction of sp³-hybridized carbons (Fsp3) is 0.300. The van der Waals surface area contributed by atoms with Gasteiger partial charge in [-0.3, -0.25) is 4.79 Å². The first-order chi connectivity index (χ1) is 6.99. The normalized spacial score (nSPS) is 14.0. The van der Waals surface area contributed by atoms with Gasteiger partial charge >= 0.3 is 5.97 Å². The summed E-state index contributed by atoms with van der Waals surface area (Å²) in [5.74, 6) is -0.611. The number of rotatable bonds is 1. The van der Waals surface area contributed by atoms with Gasteiger partial charge in [-0.15, -0.1) is 0 Å². The fourth-order valence-corrected chi connectivity index (χ4v) is 1.79. The van der Waals surface area contributed by atoms with E-state index < -0.39 is 5.97 Å². The summed E-state index contributed by atoms with van der Waals surface area (Å²) >= 11 is 8.89. The lowest BCUT2D eigenvalue weighted by Crippen LogP contribution is -1.94. The minimum atomic E-state index is -0.630. The molecule has 0 aliphatic heterocycles. The van der Waals surface area contributed by atoms with E-state index in [4.69, 9.17) is 22.4 Å². The number of carboxylic acids is 1. The average Bonchev–Trinajstić information content (AvgIpc) is 2.82. The van der Waals surface area contributed by atoms with E-state index >= 15 is 0 Å². The van der Waals surface area contributed by atoms with Crippen LogP contribution in [0.25, 0.3) is 0 Å². The van der Waals surface area contributed by atoms with Gasteiger partial charge in [0.25, 0.3) is 0 Å². The number of carbonyl (C=O) groups is 1. The second-order valence-corrected chi connectivity index (χ2v) is 4.67. The molecule has 0 spiro atoms. The van der Waals surface area contributed by atoms with Gasteiger partial charge in [0, 0.05) is 15.2 Å². The number of nitrogens with two attached hydrogens (primary N) is 1. The lowest BCUT2D eigenvalue weighted by atomic mass is 10.3. The van der Waals surface area contributed by atoms with Gasteiger partial charge < -0.3 is 10.8 Å². The van der Waals surface area contributed by atoms with Crippen molar-refractivity contribution in [1.82, 2.24) is 0 Å². The topological polar surface area (TPSA) is 63.3 Å². The molecule has 1 saturated carbocycles. The number of hydrogen-bond acceptors (Lipinski definition) is 2. The molecule has 0 saturated heterocycles. The van der Waals surface area contributed by atoms with Crippen molar-refractivity contribution in [3.05, 3.63) is 27.7 Å². The molecule has 1 aliphatic rings. The van der Waals surface area contributed by atoms with Crippen LogP contribution in [0.3, 0.4) is 0 Å². The first-order valence-corrected chi connectivity index (χ1v) is 5.60. The summed E-state index contributed by atoms with van der Waals surface area (Å²) in [5.41, 5.74) is 6.12. The molecule has 1 aliphatic carbocycles. The predicted octanol–water partition coefficient (Wildman–Crippen LogP) is 3.17. The highest BCUT2D eigenvalue weighted by atomic mass is 79.9. The Bertz CT molecular complexity index is 316. The van der Waals surface area contributed by atoms with Crippen LogP contribution < -0.4 is 5.73 Å². The molecule has 0 heterocycles. The molecule has 2 rings (SSSR count). The number of carboxylic acid groups (broad SMARTS) is 1. The molecule has 0 unspecified atom stereocenters. The molecule has 0 amide bonds. The molecular formula is C10H11BrClNO2. The van der Waals surface area contributed by atoms with Gasteiger partial charge in [0.05, 0.1) is 5.92 Å². The Hall–Kier alpha value is -0.740. The standard InChI is InChI=1S/C6H5BrClN.C4H6O2/c7-4-1-5(8)3-6(9)2-4;5-4(6)3-1-2-3/h1-3H,9H2;3H,1-2H2,(H,5,6). The summed E-state index contributed by atoms with van der Waals surface area (Å²) in [6.45, 7) is 0. The van der Waals surface area contributed by atoms with E-state index in [9.17, 15) is 4.79 Å². The molecular weight excluding hydrogens is 281 g/mol. The van der Waals surface area contributed by atoms with Gasteiger partial charge in [-0.05, 0) is 31.0 Å². The first kappa shape index (κ1) is 12.3. The van der Waals surface area contributed by atoms with Crippen LogP contribution in [0.2, 0.25) is 5.02 Å². The summed E-state index contributed by atoms with van der Waals surface area (Å²) in [5, 5.41) is 8.71. The summed E-state index contributed by atoms with van der Waals surface area (Å²) in [6.07, 6.45) is 1.80. The van der Waals surface area contributed by atoms with Crippen molar-refractivity contribution in [3.63, 3.8) is 0 Å². The SMILES string of the molecule is Nc1cc(Cl)cc(Br)c1.O=C(O)C1CC1. The highest BCUT2D eigenvalue weighted by Crippen LogP contribution is 2.28. The van der Waals surface area contributed by atoms with Gasteiger partial charge in [0.15, 0.2) is 0 Å². The lowest BCUT2D eigenvalue weighted by molar-refractivity contribution is -0.138. The third-order valence-electron chi connectivity index (χ3n) is 1.81. The monoisotopic (exact) mass is 291 g/mol. The van der Waals surface area contributed by atoms with E-state index in [2.05, 4.69) is 15.9 Å². The summed E-state index contributed by atoms with van der Waals surface area (Å²) < 4.78 is 0.910. The van der Waals surface area contributed by atoms with E-state index in [1.807, 2.05) is 0 Å². The number of nitrogen functional groups attached to an aromatic ring is 1. The van der Waals surface area contributed by atoms with E-state index in [0.29, 0.717) is 10.7 Å².